The molecule has 2 rings (SSSR count). The maximum absolute atomic E-state index is 6.38. The van der Waals surface area contributed by atoms with Gasteiger partial charge in [0.05, 0.1) is 0 Å². The van der Waals surface area contributed by atoms with Crippen molar-refractivity contribution in [3.63, 3.8) is 0 Å². The molecule has 1 nitrogen and oxygen atoms in total. The van der Waals surface area contributed by atoms with Crippen molar-refractivity contribution in [2.45, 2.75) is 39.7 Å². The largest absolute Gasteiger partial charge is 0.309 e. The van der Waals surface area contributed by atoms with E-state index in [-0.39, 0.29) is 0 Å². The van der Waals surface area contributed by atoms with Crippen molar-refractivity contribution in [2.24, 2.45) is 0 Å². The van der Waals surface area contributed by atoms with Crippen LogP contribution in [-0.2, 0) is 12.8 Å². The Hall–Kier alpha value is -0.830. The highest BCUT2D eigenvalue weighted by molar-refractivity contribution is 7.10. The number of hydrogen-bond donors (Lipinski definition) is 1. The molecule has 0 spiro atoms. The maximum Gasteiger partial charge on any atom is 0.0458 e. The number of nitrogens with one attached hydrogen (secondary N) is 1. The zero-order valence-electron chi connectivity index (χ0n) is 12.4. The molecule has 0 amide bonds. The van der Waals surface area contributed by atoms with E-state index in [0.29, 0.717) is 6.04 Å². The quantitative estimate of drug-likeness (QED) is 0.776. The number of aryl methyl sites for hydroxylation is 2. The fourth-order valence-electron chi connectivity index (χ4n) is 2.49. The van der Waals surface area contributed by atoms with E-state index in [4.69, 9.17) is 11.6 Å². The minimum absolute atomic E-state index is 0.357. The average molecular weight is 308 g/mol. The van der Waals surface area contributed by atoms with Gasteiger partial charge in [-0.2, -0.15) is 0 Å². The Labute approximate surface area is 131 Å². The van der Waals surface area contributed by atoms with Crippen molar-refractivity contribution in [3.8, 4) is 0 Å². The average Bonchev–Trinajstić information content (AvgIpc) is 2.89. The second-order valence-electron chi connectivity index (χ2n) is 5.07. The summed E-state index contributed by atoms with van der Waals surface area (Å²) in [6.45, 7) is 7.41. The summed E-state index contributed by atoms with van der Waals surface area (Å²) in [6.07, 6.45) is 2.03. The number of hydrogen-bond acceptors (Lipinski definition) is 2. The molecule has 1 N–H and O–H groups in total. The fourth-order valence-corrected chi connectivity index (χ4v) is 3.87. The summed E-state index contributed by atoms with van der Waals surface area (Å²) in [5.74, 6) is 0. The SMILES string of the molecule is CCNC(Cc1ccc(C)cc1Cl)c1sccc1CC. The molecule has 3 heteroatoms. The predicted octanol–water partition coefficient (Wildman–Crippen LogP) is 5.17. The lowest BCUT2D eigenvalue weighted by molar-refractivity contribution is 0.555. The Balaban J connectivity index is 2.25. The molecule has 2 aromatic rings. The maximum atomic E-state index is 6.38. The van der Waals surface area contributed by atoms with E-state index in [0.717, 1.165) is 24.4 Å². The first-order valence-corrected chi connectivity index (χ1v) is 8.46. The molecule has 1 unspecified atom stereocenters. The van der Waals surface area contributed by atoms with E-state index in [2.05, 4.69) is 55.7 Å². The zero-order chi connectivity index (χ0) is 14.5. The van der Waals surface area contributed by atoms with E-state index < -0.39 is 0 Å². The number of benzene rings is 1. The van der Waals surface area contributed by atoms with Crippen molar-refractivity contribution in [1.29, 1.82) is 0 Å². The second kappa shape index (κ2) is 7.26. The van der Waals surface area contributed by atoms with Crippen LogP contribution in [0.3, 0.4) is 0 Å². The summed E-state index contributed by atoms with van der Waals surface area (Å²) < 4.78 is 0. The van der Waals surface area contributed by atoms with Gasteiger partial charge in [0.1, 0.15) is 0 Å². The van der Waals surface area contributed by atoms with Crippen LogP contribution in [0.25, 0.3) is 0 Å². The van der Waals surface area contributed by atoms with Crippen LogP contribution in [0.1, 0.15) is 41.5 Å². The summed E-state index contributed by atoms with van der Waals surface area (Å²) in [4.78, 5) is 1.45. The predicted molar refractivity (Wildman–Crippen MR) is 90.0 cm³/mol. The van der Waals surface area contributed by atoms with Gasteiger partial charge in [-0.1, -0.05) is 37.6 Å². The normalized spacial score (nSPS) is 12.6. The van der Waals surface area contributed by atoms with Crippen LogP contribution in [0, 0.1) is 6.92 Å². The minimum atomic E-state index is 0.357. The van der Waals surface area contributed by atoms with E-state index in [1.165, 1.54) is 21.6 Å². The highest BCUT2D eigenvalue weighted by Gasteiger charge is 2.17. The van der Waals surface area contributed by atoms with Crippen molar-refractivity contribution in [3.05, 3.63) is 56.2 Å². The van der Waals surface area contributed by atoms with Gasteiger partial charge < -0.3 is 5.32 Å². The molecule has 0 saturated heterocycles. The third-order valence-electron chi connectivity index (χ3n) is 3.56. The van der Waals surface area contributed by atoms with Gasteiger partial charge in [-0.05, 0) is 60.5 Å². The molecular weight excluding hydrogens is 286 g/mol. The lowest BCUT2D eigenvalue weighted by Gasteiger charge is -2.19. The first-order valence-electron chi connectivity index (χ1n) is 7.20. The third-order valence-corrected chi connectivity index (χ3v) is 4.99. The van der Waals surface area contributed by atoms with Gasteiger partial charge in [-0.15, -0.1) is 11.3 Å². The molecule has 0 bridgehead atoms. The molecule has 0 fully saturated rings. The Morgan fingerprint density at radius 1 is 1.20 bits per heavy atom. The lowest BCUT2D eigenvalue weighted by Crippen LogP contribution is -2.23. The van der Waals surface area contributed by atoms with Crippen molar-refractivity contribution in [2.75, 3.05) is 6.54 Å². The smallest absolute Gasteiger partial charge is 0.0458 e. The topological polar surface area (TPSA) is 12.0 Å². The minimum Gasteiger partial charge on any atom is -0.309 e. The van der Waals surface area contributed by atoms with Crippen LogP contribution >= 0.6 is 22.9 Å². The molecule has 0 saturated carbocycles. The van der Waals surface area contributed by atoms with Crippen LogP contribution in [0.4, 0.5) is 0 Å². The van der Waals surface area contributed by atoms with Crippen LogP contribution < -0.4 is 5.32 Å². The molecular formula is C17H22ClNS. The number of rotatable bonds is 6. The van der Waals surface area contributed by atoms with E-state index in [1.54, 1.807) is 0 Å². The van der Waals surface area contributed by atoms with E-state index >= 15 is 0 Å². The second-order valence-corrected chi connectivity index (χ2v) is 6.43. The van der Waals surface area contributed by atoms with Crippen LogP contribution in [0.15, 0.2) is 29.6 Å². The monoisotopic (exact) mass is 307 g/mol. The summed E-state index contributed by atoms with van der Waals surface area (Å²) in [7, 11) is 0. The summed E-state index contributed by atoms with van der Waals surface area (Å²) in [6, 6.07) is 8.94. The van der Waals surface area contributed by atoms with Gasteiger partial charge in [0.15, 0.2) is 0 Å². The van der Waals surface area contributed by atoms with E-state index in [9.17, 15) is 0 Å². The molecule has 20 heavy (non-hydrogen) atoms. The lowest BCUT2D eigenvalue weighted by atomic mass is 10.0. The van der Waals surface area contributed by atoms with Gasteiger partial charge in [0.2, 0.25) is 0 Å². The molecule has 108 valence electrons. The molecule has 1 aromatic heterocycles. The first-order chi connectivity index (χ1) is 9.65. The van der Waals surface area contributed by atoms with Gasteiger partial charge >= 0.3 is 0 Å². The van der Waals surface area contributed by atoms with Crippen LogP contribution in [0.2, 0.25) is 5.02 Å². The van der Waals surface area contributed by atoms with E-state index in [1.807, 2.05) is 11.3 Å². The van der Waals surface area contributed by atoms with Gasteiger partial charge in [0, 0.05) is 15.9 Å². The molecule has 0 aliphatic carbocycles. The summed E-state index contributed by atoms with van der Waals surface area (Å²) in [5, 5.41) is 6.67. The number of likely N-dealkylation sites (N-methyl/N-ethyl adjacent to an activating group) is 1. The molecule has 0 aliphatic rings. The molecule has 1 atom stereocenters. The summed E-state index contributed by atoms with van der Waals surface area (Å²) in [5.41, 5.74) is 3.88. The standard InChI is InChI=1S/C17H22ClNS/c1-4-13-8-9-20-17(13)16(19-5-2)11-14-7-6-12(3)10-15(14)18/h6-10,16,19H,4-5,11H2,1-3H3. The first kappa shape index (κ1) is 15.6. The highest BCUT2D eigenvalue weighted by atomic mass is 35.5. The Morgan fingerprint density at radius 3 is 2.65 bits per heavy atom. The fraction of sp³-hybridized carbons (Fsp3) is 0.412. The Morgan fingerprint density at radius 2 is 2.00 bits per heavy atom. The van der Waals surface area contributed by atoms with Crippen molar-refractivity contribution in [1.82, 2.24) is 5.32 Å². The summed E-state index contributed by atoms with van der Waals surface area (Å²) >= 11 is 8.23. The zero-order valence-corrected chi connectivity index (χ0v) is 13.9. The molecule has 1 aromatic carbocycles. The van der Waals surface area contributed by atoms with Crippen LogP contribution in [0.5, 0.6) is 0 Å². The Kier molecular flexibility index (Phi) is 5.64. The Bertz CT molecular complexity index is 562. The van der Waals surface area contributed by atoms with Crippen molar-refractivity contribution >= 4 is 22.9 Å². The highest BCUT2D eigenvalue weighted by Crippen LogP contribution is 2.30. The van der Waals surface area contributed by atoms with Gasteiger partial charge in [-0.25, -0.2) is 0 Å². The molecule has 0 radical (unpaired) electrons. The van der Waals surface area contributed by atoms with Gasteiger partial charge in [0.25, 0.3) is 0 Å². The van der Waals surface area contributed by atoms with Gasteiger partial charge in [-0.3, -0.25) is 0 Å². The molecule has 0 aliphatic heterocycles. The third kappa shape index (κ3) is 3.63. The van der Waals surface area contributed by atoms with Crippen LogP contribution in [-0.4, -0.2) is 6.54 Å². The molecule has 1 heterocycles. The van der Waals surface area contributed by atoms with Crippen molar-refractivity contribution < 1.29 is 0 Å². The number of halogens is 1. The number of thiophene rings is 1.